The van der Waals surface area contributed by atoms with Crippen LogP contribution in [0.1, 0.15) is 57.2 Å². The molecule has 1 N–H and O–H groups in total. The molecule has 7 nitrogen and oxygen atoms in total. The van der Waals surface area contributed by atoms with E-state index >= 15 is 13.2 Å². The quantitative estimate of drug-likeness (QED) is 0.206. The zero-order valence-corrected chi connectivity index (χ0v) is 26.0. The second-order valence-electron chi connectivity index (χ2n) is 12.3. The van der Waals surface area contributed by atoms with Gasteiger partial charge in [0.1, 0.15) is 35.1 Å². The molecule has 3 saturated heterocycles. The van der Waals surface area contributed by atoms with E-state index in [0.29, 0.717) is 31.6 Å². The van der Waals surface area contributed by atoms with Crippen molar-refractivity contribution in [3.05, 3.63) is 53.2 Å². The van der Waals surface area contributed by atoms with Crippen LogP contribution in [0.3, 0.4) is 0 Å². The van der Waals surface area contributed by atoms with Crippen molar-refractivity contribution >= 4 is 27.5 Å². The number of nitrogens with zero attached hydrogens (tertiary/aromatic N) is 5. The first-order valence-corrected chi connectivity index (χ1v) is 16.1. The van der Waals surface area contributed by atoms with Crippen LogP contribution in [-0.4, -0.2) is 70.8 Å². The van der Waals surface area contributed by atoms with Gasteiger partial charge in [0.15, 0.2) is 5.82 Å². The van der Waals surface area contributed by atoms with Crippen LogP contribution in [0.15, 0.2) is 30.3 Å². The summed E-state index contributed by atoms with van der Waals surface area (Å²) in [5, 5.41) is 3.82. The Labute approximate surface area is 265 Å². The van der Waals surface area contributed by atoms with Gasteiger partial charge in [0, 0.05) is 43.0 Å². The minimum absolute atomic E-state index is 0.0570. The molecule has 0 aliphatic carbocycles. The third-order valence-electron chi connectivity index (χ3n) is 9.88. The average molecular weight is 633 g/mol. The number of nitrogens with one attached hydrogen (secondary N) is 1. The second kappa shape index (κ2) is 11.7. The summed E-state index contributed by atoms with van der Waals surface area (Å²) < 4.78 is 70.4. The lowest BCUT2D eigenvalue weighted by atomic mass is 9.95. The molecule has 0 bridgehead atoms. The Morgan fingerprint density at radius 1 is 1.02 bits per heavy atom. The van der Waals surface area contributed by atoms with Crippen molar-refractivity contribution in [2.24, 2.45) is 0 Å². The highest BCUT2D eigenvalue weighted by Crippen LogP contribution is 2.47. The van der Waals surface area contributed by atoms with Crippen LogP contribution in [-0.2, 0) is 5.92 Å². The van der Waals surface area contributed by atoms with E-state index in [0.717, 1.165) is 38.8 Å². The topological polar surface area (TPSA) is 66.4 Å². The van der Waals surface area contributed by atoms with E-state index < -0.39 is 35.7 Å². The summed E-state index contributed by atoms with van der Waals surface area (Å²) in [7, 11) is 0. The van der Waals surface area contributed by atoms with E-state index in [1.54, 1.807) is 17.0 Å². The summed E-state index contributed by atoms with van der Waals surface area (Å²) in [5.74, 6) is -2.48. The molecule has 4 aliphatic heterocycles. The average Bonchev–Trinajstić information content (AvgIpc) is 3.63. The minimum Gasteiger partial charge on any atom is -0.461 e. The smallest absolute Gasteiger partial charge is 0.319 e. The Hall–Kier alpha value is -4.01. The Bertz CT molecular complexity index is 1860. The van der Waals surface area contributed by atoms with Gasteiger partial charge in [0.25, 0.3) is 5.92 Å². The van der Waals surface area contributed by atoms with Crippen LogP contribution in [0.5, 0.6) is 6.01 Å². The molecule has 46 heavy (non-hydrogen) atoms. The van der Waals surface area contributed by atoms with E-state index in [1.165, 1.54) is 18.2 Å². The molecule has 4 aromatic rings. The van der Waals surface area contributed by atoms with Crippen molar-refractivity contribution in [1.82, 2.24) is 25.2 Å². The molecule has 3 fully saturated rings. The van der Waals surface area contributed by atoms with Gasteiger partial charge in [-0.05, 0) is 50.2 Å². The molecule has 11 heteroatoms. The largest absolute Gasteiger partial charge is 0.461 e. The van der Waals surface area contributed by atoms with E-state index in [1.807, 2.05) is 13.8 Å². The summed E-state index contributed by atoms with van der Waals surface area (Å²) in [4.78, 5) is 17.7. The summed E-state index contributed by atoms with van der Waals surface area (Å²) in [6.45, 7) is 7.61. The SMILES string of the molecule is C#Cc1c(F)ccc2cccc(-c3nc4c5c(nc(OCC67CCCN6CCC7)nc5c3F)N3CCNCC3CC4(F)F)c12.CC. The zero-order chi connectivity index (χ0) is 32.2. The monoisotopic (exact) mass is 632 g/mol. The first kappa shape index (κ1) is 30.6. The number of aromatic nitrogens is 3. The highest BCUT2D eigenvalue weighted by molar-refractivity contribution is 6.03. The number of hydrogen-bond acceptors (Lipinski definition) is 7. The van der Waals surface area contributed by atoms with Crippen LogP contribution in [0.25, 0.3) is 32.9 Å². The van der Waals surface area contributed by atoms with Gasteiger partial charge in [0.2, 0.25) is 0 Å². The summed E-state index contributed by atoms with van der Waals surface area (Å²) in [6.07, 6.45) is 9.25. The molecule has 1 unspecified atom stereocenters. The maximum atomic E-state index is 16.8. The van der Waals surface area contributed by atoms with Crippen molar-refractivity contribution in [1.29, 1.82) is 0 Å². The Balaban J connectivity index is 0.00000166. The number of rotatable bonds is 4. The van der Waals surface area contributed by atoms with Crippen LogP contribution in [0, 0.1) is 24.0 Å². The van der Waals surface area contributed by atoms with E-state index in [2.05, 4.69) is 31.1 Å². The molecule has 0 radical (unpaired) electrons. The molecule has 4 aliphatic rings. The van der Waals surface area contributed by atoms with E-state index in [9.17, 15) is 4.39 Å². The van der Waals surface area contributed by atoms with Crippen molar-refractivity contribution in [3.63, 3.8) is 0 Å². The highest BCUT2D eigenvalue weighted by atomic mass is 19.3. The lowest BCUT2D eigenvalue weighted by Crippen LogP contribution is -2.52. The van der Waals surface area contributed by atoms with Crippen molar-refractivity contribution in [2.75, 3.05) is 44.2 Å². The van der Waals surface area contributed by atoms with Gasteiger partial charge in [-0.1, -0.05) is 44.0 Å². The molecule has 8 rings (SSSR count). The molecular weight excluding hydrogens is 596 g/mol. The zero-order valence-electron chi connectivity index (χ0n) is 26.0. The fourth-order valence-corrected chi connectivity index (χ4v) is 7.82. The standard InChI is InChI=1S/C33H30F4N6O.C2H6/c1-2-21-23(34)9-8-19-6-3-7-22(24(19)21)27-26(35)28-25-29(39-27)33(36,37)16-20-17-38-12-15-43(20)30(25)41-31(40-28)44-18-32-10-4-13-42(32)14-5-11-32;1-2/h1,3,6-9,20,38H,4-5,10-18H2;1-2H3. The van der Waals surface area contributed by atoms with Gasteiger partial charge < -0.3 is 15.0 Å². The molecule has 0 saturated carbocycles. The second-order valence-corrected chi connectivity index (χ2v) is 12.3. The van der Waals surface area contributed by atoms with E-state index in [-0.39, 0.29) is 50.5 Å². The molecule has 0 amide bonds. The van der Waals surface area contributed by atoms with Gasteiger partial charge >= 0.3 is 6.01 Å². The molecule has 1 atom stereocenters. The summed E-state index contributed by atoms with van der Waals surface area (Å²) in [5.41, 5.74) is -1.38. The van der Waals surface area contributed by atoms with Crippen LogP contribution >= 0.6 is 0 Å². The molecule has 6 heterocycles. The number of benzene rings is 2. The predicted octanol–water partition coefficient (Wildman–Crippen LogP) is 6.41. The normalized spacial score (nSPS) is 21.2. The number of terminal acetylenes is 1. The van der Waals surface area contributed by atoms with Crippen LogP contribution in [0.4, 0.5) is 23.4 Å². The maximum absolute atomic E-state index is 16.8. The van der Waals surface area contributed by atoms with Gasteiger partial charge in [-0.25, -0.2) is 13.8 Å². The molecule has 2 aromatic heterocycles. The van der Waals surface area contributed by atoms with Crippen LogP contribution in [0.2, 0.25) is 0 Å². The minimum atomic E-state index is -3.43. The molecule has 2 aromatic carbocycles. The maximum Gasteiger partial charge on any atom is 0.319 e. The van der Waals surface area contributed by atoms with Gasteiger partial charge in [0.05, 0.1) is 16.5 Å². The Morgan fingerprint density at radius 3 is 2.57 bits per heavy atom. The Morgan fingerprint density at radius 2 is 1.80 bits per heavy atom. The molecular formula is C35H36F4N6O. The van der Waals surface area contributed by atoms with Crippen molar-refractivity contribution in [2.45, 2.75) is 63.5 Å². The van der Waals surface area contributed by atoms with Crippen LogP contribution < -0.4 is 15.0 Å². The predicted molar refractivity (Wildman–Crippen MR) is 170 cm³/mol. The number of alkyl halides is 2. The highest BCUT2D eigenvalue weighted by Gasteiger charge is 2.47. The number of pyridine rings is 1. The lowest BCUT2D eigenvalue weighted by molar-refractivity contribution is -0.0224. The van der Waals surface area contributed by atoms with Gasteiger partial charge in [-0.3, -0.25) is 4.90 Å². The van der Waals surface area contributed by atoms with E-state index in [4.69, 9.17) is 11.2 Å². The van der Waals surface area contributed by atoms with Crippen molar-refractivity contribution in [3.8, 4) is 29.6 Å². The van der Waals surface area contributed by atoms with Crippen molar-refractivity contribution < 1.29 is 22.3 Å². The number of ether oxygens (including phenoxy) is 1. The summed E-state index contributed by atoms with van der Waals surface area (Å²) >= 11 is 0. The van der Waals surface area contributed by atoms with Gasteiger partial charge in [-0.2, -0.15) is 18.7 Å². The number of halogens is 4. The fourth-order valence-electron chi connectivity index (χ4n) is 7.82. The third kappa shape index (κ3) is 4.76. The summed E-state index contributed by atoms with van der Waals surface area (Å²) in [6, 6.07) is 6.94. The fraction of sp³-hybridized carbons (Fsp3) is 0.457. The van der Waals surface area contributed by atoms with Gasteiger partial charge in [-0.15, -0.1) is 6.42 Å². The number of anilines is 1. The first-order valence-electron chi connectivity index (χ1n) is 16.1. The first-order chi connectivity index (χ1) is 22.3. The lowest BCUT2D eigenvalue weighted by Gasteiger charge is -2.37. The third-order valence-corrected chi connectivity index (χ3v) is 9.88. The molecule has 0 spiro atoms. The number of fused-ring (bicyclic) bond motifs is 4. The Kier molecular flexibility index (Phi) is 7.76. The number of hydrogen-bond donors (Lipinski definition) is 1. The molecule has 240 valence electrons. The number of piperazine rings is 1.